The van der Waals surface area contributed by atoms with Gasteiger partial charge < -0.3 is 16.4 Å². The summed E-state index contributed by atoms with van der Waals surface area (Å²) in [6, 6.07) is 6.90. The number of nitrogens with two attached hydrogens (primary N) is 1. The molecular weight excluding hydrogens is 218 g/mol. The minimum atomic E-state index is -0.555. The molecular formula is C12H15N3O2. The lowest BCUT2D eigenvalue weighted by Gasteiger charge is -2.05. The van der Waals surface area contributed by atoms with E-state index in [9.17, 15) is 9.59 Å². The van der Waals surface area contributed by atoms with Crippen molar-refractivity contribution in [3.05, 3.63) is 35.4 Å². The summed E-state index contributed by atoms with van der Waals surface area (Å²) in [5, 5.41) is 5.40. The van der Waals surface area contributed by atoms with E-state index in [0.717, 1.165) is 18.4 Å². The molecule has 0 heterocycles. The molecule has 0 aromatic heterocycles. The Labute approximate surface area is 99.4 Å². The van der Waals surface area contributed by atoms with Crippen molar-refractivity contribution in [1.29, 1.82) is 0 Å². The highest BCUT2D eigenvalue weighted by Gasteiger charge is 2.23. The average molecular weight is 233 g/mol. The van der Waals surface area contributed by atoms with Crippen LogP contribution >= 0.6 is 0 Å². The Morgan fingerprint density at radius 1 is 1.24 bits per heavy atom. The Hall–Kier alpha value is -2.04. The molecule has 0 spiro atoms. The minimum Gasteiger partial charge on any atom is -0.352 e. The summed E-state index contributed by atoms with van der Waals surface area (Å²) >= 11 is 0. The zero-order valence-electron chi connectivity index (χ0n) is 9.40. The summed E-state index contributed by atoms with van der Waals surface area (Å²) in [4.78, 5) is 22.2. The Morgan fingerprint density at radius 2 is 1.88 bits per heavy atom. The number of urea groups is 1. The summed E-state index contributed by atoms with van der Waals surface area (Å²) in [6.07, 6.45) is 2.15. The molecule has 0 unspecified atom stereocenters. The van der Waals surface area contributed by atoms with E-state index in [1.165, 1.54) is 0 Å². The zero-order valence-corrected chi connectivity index (χ0v) is 9.40. The van der Waals surface area contributed by atoms with Crippen molar-refractivity contribution in [3.63, 3.8) is 0 Å². The summed E-state index contributed by atoms with van der Waals surface area (Å²) in [5.41, 5.74) is 6.51. The van der Waals surface area contributed by atoms with Crippen LogP contribution in [0.2, 0.25) is 0 Å². The topological polar surface area (TPSA) is 84.2 Å². The molecule has 3 amide bonds. The van der Waals surface area contributed by atoms with Gasteiger partial charge in [-0.3, -0.25) is 4.79 Å². The van der Waals surface area contributed by atoms with Crippen molar-refractivity contribution in [2.45, 2.75) is 25.4 Å². The van der Waals surface area contributed by atoms with E-state index < -0.39 is 6.03 Å². The van der Waals surface area contributed by atoms with E-state index >= 15 is 0 Å². The van der Waals surface area contributed by atoms with Crippen LogP contribution in [-0.4, -0.2) is 18.0 Å². The van der Waals surface area contributed by atoms with E-state index in [-0.39, 0.29) is 5.91 Å². The maximum absolute atomic E-state index is 11.7. The highest BCUT2D eigenvalue weighted by Crippen LogP contribution is 2.19. The van der Waals surface area contributed by atoms with Crippen molar-refractivity contribution in [3.8, 4) is 0 Å². The molecule has 1 aliphatic rings. The van der Waals surface area contributed by atoms with E-state index in [1.54, 1.807) is 24.3 Å². The van der Waals surface area contributed by atoms with Crippen molar-refractivity contribution in [1.82, 2.24) is 10.6 Å². The summed E-state index contributed by atoms with van der Waals surface area (Å²) < 4.78 is 0. The number of nitrogens with one attached hydrogen (secondary N) is 2. The molecule has 1 fully saturated rings. The standard InChI is InChI=1S/C12H15N3O2/c13-12(17)14-7-8-1-3-9(4-2-8)11(16)15-10-5-6-10/h1-4,10H,5-7H2,(H,15,16)(H3,13,14,17). The number of amides is 3. The first-order chi connectivity index (χ1) is 8.15. The maximum atomic E-state index is 11.7. The van der Waals surface area contributed by atoms with Gasteiger partial charge in [-0.05, 0) is 30.5 Å². The molecule has 1 aromatic carbocycles. The molecule has 5 nitrogen and oxygen atoms in total. The van der Waals surface area contributed by atoms with E-state index in [4.69, 9.17) is 5.73 Å². The van der Waals surface area contributed by atoms with Crippen molar-refractivity contribution in [2.24, 2.45) is 5.73 Å². The van der Waals surface area contributed by atoms with Gasteiger partial charge in [-0.2, -0.15) is 0 Å². The Balaban J connectivity index is 1.91. The molecule has 4 N–H and O–H groups in total. The molecule has 2 rings (SSSR count). The first-order valence-corrected chi connectivity index (χ1v) is 5.58. The van der Waals surface area contributed by atoms with Gasteiger partial charge >= 0.3 is 6.03 Å². The molecule has 90 valence electrons. The highest BCUT2D eigenvalue weighted by molar-refractivity contribution is 5.94. The molecule has 0 saturated heterocycles. The molecule has 17 heavy (non-hydrogen) atoms. The maximum Gasteiger partial charge on any atom is 0.312 e. The number of hydrogen-bond acceptors (Lipinski definition) is 2. The lowest BCUT2D eigenvalue weighted by molar-refractivity contribution is 0.0951. The second-order valence-electron chi connectivity index (χ2n) is 4.16. The van der Waals surface area contributed by atoms with Crippen LogP contribution in [0.5, 0.6) is 0 Å². The van der Waals surface area contributed by atoms with Gasteiger partial charge in [0.1, 0.15) is 0 Å². The molecule has 0 bridgehead atoms. The minimum absolute atomic E-state index is 0.0399. The molecule has 1 saturated carbocycles. The molecule has 0 atom stereocenters. The van der Waals surface area contributed by atoms with Crippen LogP contribution in [0.4, 0.5) is 4.79 Å². The second-order valence-corrected chi connectivity index (χ2v) is 4.16. The molecule has 0 radical (unpaired) electrons. The summed E-state index contributed by atoms with van der Waals surface area (Å²) in [5.74, 6) is -0.0399. The van der Waals surface area contributed by atoms with Crippen LogP contribution in [0, 0.1) is 0 Å². The first kappa shape index (κ1) is 11.4. The quantitative estimate of drug-likeness (QED) is 0.716. The predicted octanol–water partition coefficient (Wildman–Crippen LogP) is 0.747. The largest absolute Gasteiger partial charge is 0.352 e. The van der Waals surface area contributed by atoms with Gasteiger partial charge in [-0.15, -0.1) is 0 Å². The van der Waals surface area contributed by atoms with Crippen LogP contribution in [0.15, 0.2) is 24.3 Å². The van der Waals surface area contributed by atoms with Crippen LogP contribution in [0.25, 0.3) is 0 Å². The average Bonchev–Trinajstić information content (AvgIpc) is 3.11. The zero-order chi connectivity index (χ0) is 12.3. The second kappa shape index (κ2) is 4.86. The molecule has 1 aromatic rings. The Bertz CT molecular complexity index is 424. The number of hydrogen-bond donors (Lipinski definition) is 3. The number of primary amides is 1. The fraction of sp³-hybridized carbons (Fsp3) is 0.333. The number of rotatable bonds is 4. The summed E-state index contributed by atoms with van der Waals surface area (Å²) in [7, 11) is 0. The van der Waals surface area contributed by atoms with Gasteiger partial charge in [-0.1, -0.05) is 12.1 Å². The van der Waals surface area contributed by atoms with Crippen LogP contribution in [0.1, 0.15) is 28.8 Å². The first-order valence-electron chi connectivity index (χ1n) is 5.58. The van der Waals surface area contributed by atoms with E-state index in [1.807, 2.05) is 0 Å². The monoisotopic (exact) mass is 233 g/mol. The van der Waals surface area contributed by atoms with Gasteiger partial charge in [0.05, 0.1) is 0 Å². The van der Waals surface area contributed by atoms with Gasteiger partial charge in [-0.25, -0.2) is 4.79 Å². The highest BCUT2D eigenvalue weighted by atomic mass is 16.2. The third-order valence-corrected chi connectivity index (χ3v) is 2.60. The smallest absolute Gasteiger partial charge is 0.312 e. The van der Waals surface area contributed by atoms with Crippen LogP contribution in [0.3, 0.4) is 0 Å². The van der Waals surface area contributed by atoms with Gasteiger partial charge in [0.25, 0.3) is 5.91 Å². The van der Waals surface area contributed by atoms with Crippen LogP contribution in [-0.2, 0) is 6.54 Å². The predicted molar refractivity (Wildman–Crippen MR) is 63.4 cm³/mol. The van der Waals surface area contributed by atoms with E-state index in [2.05, 4.69) is 10.6 Å². The SMILES string of the molecule is NC(=O)NCc1ccc(C(=O)NC2CC2)cc1. The molecule has 5 heteroatoms. The van der Waals surface area contributed by atoms with Gasteiger partial charge in [0.2, 0.25) is 0 Å². The van der Waals surface area contributed by atoms with Crippen LogP contribution < -0.4 is 16.4 Å². The fourth-order valence-corrected chi connectivity index (χ4v) is 1.46. The van der Waals surface area contributed by atoms with Gasteiger partial charge in [0.15, 0.2) is 0 Å². The Morgan fingerprint density at radius 3 is 2.41 bits per heavy atom. The third-order valence-electron chi connectivity index (χ3n) is 2.60. The molecule has 1 aliphatic carbocycles. The van der Waals surface area contributed by atoms with Crippen molar-refractivity contribution in [2.75, 3.05) is 0 Å². The van der Waals surface area contributed by atoms with Crippen molar-refractivity contribution < 1.29 is 9.59 Å². The third kappa shape index (κ3) is 3.48. The lowest BCUT2D eigenvalue weighted by atomic mass is 10.1. The number of carbonyl (C=O) groups excluding carboxylic acids is 2. The molecule has 0 aliphatic heterocycles. The summed E-state index contributed by atoms with van der Waals surface area (Å²) in [6.45, 7) is 0.375. The number of benzene rings is 1. The van der Waals surface area contributed by atoms with Crippen molar-refractivity contribution >= 4 is 11.9 Å². The fourth-order valence-electron chi connectivity index (χ4n) is 1.46. The number of carbonyl (C=O) groups is 2. The lowest BCUT2D eigenvalue weighted by Crippen LogP contribution is -2.28. The Kier molecular flexibility index (Phi) is 3.27. The van der Waals surface area contributed by atoms with E-state index in [0.29, 0.717) is 18.2 Å². The van der Waals surface area contributed by atoms with Gasteiger partial charge in [0, 0.05) is 18.2 Å². The normalized spacial score (nSPS) is 14.1.